The lowest BCUT2D eigenvalue weighted by Gasteiger charge is -2.07. The van der Waals surface area contributed by atoms with Crippen molar-refractivity contribution < 1.29 is 14.6 Å². The summed E-state index contributed by atoms with van der Waals surface area (Å²) in [5.41, 5.74) is 2.44. The van der Waals surface area contributed by atoms with Crippen molar-refractivity contribution in [3.63, 3.8) is 0 Å². The van der Waals surface area contributed by atoms with Crippen LogP contribution in [0, 0.1) is 0 Å². The third-order valence-corrected chi connectivity index (χ3v) is 3.31. The molecule has 1 aliphatic heterocycles. The zero-order chi connectivity index (χ0) is 12.7. The average Bonchev–Trinajstić information content (AvgIpc) is 2.67. The van der Waals surface area contributed by atoms with Gasteiger partial charge >= 0.3 is 6.09 Å². The Balaban J connectivity index is 2.20. The summed E-state index contributed by atoms with van der Waals surface area (Å²) in [6.07, 6.45) is 1.05. The first-order valence-electron chi connectivity index (χ1n) is 5.40. The molecule has 92 valence electrons. The number of rotatable bonds is 0. The van der Waals surface area contributed by atoms with Gasteiger partial charge in [-0.1, -0.05) is 15.9 Å². The van der Waals surface area contributed by atoms with Crippen molar-refractivity contribution in [1.82, 2.24) is 9.78 Å². The van der Waals surface area contributed by atoms with E-state index in [1.165, 1.54) is 6.20 Å². The monoisotopic (exact) mass is 308 g/mol. The number of ether oxygens (including phenoxy) is 1. The van der Waals surface area contributed by atoms with E-state index in [4.69, 9.17) is 9.84 Å². The quantitative estimate of drug-likeness (QED) is 0.813. The lowest BCUT2D eigenvalue weighted by molar-refractivity contribution is 0.192. The van der Waals surface area contributed by atoms with E-state index >= 15 is 0 Å². The second-order valence-electron chi connectivity index (χ2n) is 3.96. The molecule has 2 aromatic rings. The molecule has 5 nitrogen and oxygen atoms in total. The van der Waals surface area contributed by atoms with Gasteiger partial charge in [-0.3, -0.25) is 0 Å². The number of fused-ring (bicyclic) bond motifs is 3. The Morgan fingerprint density at radius 3 is 3.06 bits per heavy atom. The summed E-state index contributed by atoms with van der Waals surface area (Å²) in [5.74, 6) is 0.744. The summed E-state index contributed by atoms with van der Waals surface area (Å²) >= 11 is 3.39. The molecule has 1 aliphatic rings. The molecule has 3 rings (SSSR count). The van der Waals surface area contributed by atoms with Crippen molar-refractivity contribution in [3.05, 3.63) is 34.6 Å². The van der Waals surface area contributed by atoms with Crippen LogP contribution in [0.1, 0.15) is 5.69 Å². The number of benzene rings is 1. The van der Waals surface area contributed by atoms with Crippen LogP contribution in [0.3, 0.4) is 0 Å². The van der Waals surface area contributed by atoms with Crippen molar-refractivity contribution in [2.45, 2.75) is 6.42 Å². The molecule has 0 amide bonds. The molecule has 0 aliphatic carbocycles. The van der Waals surface area contributed by atoms with E-state index in [0.717, 1.165) is 31.7 Å². The number of halogens is 1. The second kappa shape index (κ2) is 4.13. The average molecular weight is 309 g/mol. The van der Waals surface area contributed by atoms with E-state index < -0.39 is 6.09 Å². The van der Waals surface area contributed by atoms with Crippen molar-refractivity contribution in [3.8, 4) is 16.9 Å². The fourth-order valence-corrected chi connectivity index (χ4v) is 2.35. The standard InChI is InChI=1S/C12H9BrN2O3/c13-7-1-2-8-9-6-15(12(16)17)14-10(9)3-4-18-11(8)5-7/h1-2,5-6H,3-4H2,(H,16,17). The number of hydrogen-bond donors (Lipinski definition) is 1. The Labute approximate surface area is 111 Å². The second-order valence-corrected chi connectivity index (χ2v) is 4.87. The Morgan fingerprint density at radius 1 is 1.44 bits per heavy atom. The van der Waals surface area contributed by atoms with Crippen LogP contribution in [0.15, 0.2) is 28.9 Å². The summed E-state index contributed by atoms with van der Waals surface area (Å²) in [6, 6.07) is 5.68. The molecular weight excluding hydrogens is 300 g/mol. The highest BCUT2D eigenvalue weighted by atomic mass is 79.9. The van der Waals surface area contributed by atoms with Gasteiger partial charge in [0.2, 0.25) is 0 Å². The summed E-state index contributed by atoms with van der Waals surface area (Å²) < 4.78 is 7.52. The van der Waals surface area contributed by atoms with Gasteiger partial charge in [0, 0.05) is 28.2 Å². The minimum atomic E-state index is -1.08. The highest BCUT2D eigenvalue weighted by Crippen LogP contribution is 2.36. The molecule has 0 saturated heterocycles. The van der Waals surface area contributed by atoms with Crippen molar-refractivity contribution in [2.75, 3.05) is 6.61 Å². The molecule has 0 fully saturated rings. The molecule has 0 unspecified atom stereocenters. The molecule has 0 saturated carbocycles. The predicted octanol–water partition coefficient (Wildman–Crippen LogP) is 2.77. The normalized spacial score (nSPS) is 13.2. The van der Waals surface area contributed by atoms with Crippen LogP contribution >= 0.6 is 15.9 Å². The fraction of sp³-hybridized carbons (Fsp3) is 0.167. The molecular formula is C12H9BrN2O3. The number of carboxylic acid groups (broad SMARTS) is 1. The number of hydrogen-bond acceptors (Lipinski definition) is 3. The van der Waals surface area contributed by atoms with Crippen molar-refractivity contribution in [1.29, 1.82) is 0 Å². The SMILES string of the molecule is O=C(O)n1cc2c(n1)CCOc1cc(Br)ccc1-2. The maximum absolute atomic E-state index is 10.9. The lowest BCUT2D eigenvalue weighted by Crippen LogP contribution is -2.09. The number of aromatic nitrogens is 2. The molecule has 2 heterocycles. The van der Waals surface area contributed by atoms with Crippen LogP contribution < -0.4 is 4.74 Å². The highest BCUT2D eigenvalue weighted by Gasteiger charge is 2.20. The molecule has 0 radical (unpaired) electrons. The fourth-order valence-electron chi connectivity index (χ4n) is 2.01. The van der Waals surface area contributed by atoms with E-state index in [2.05, 4.69) is 21.0 Å². The van der Waals surface area contributed by atoms with Crippen molar-refractivity contribution in [2.24, 2.45) is 0 Å². The summed E-state index contributed by atoms with van der Waals surface area (Å²) in [4.78, 5) is 10.9. The van der Waals surface area contributed by atoms with Crippen LogP contribution in [0.25, 0.3) is 11.1 Å². The van der Waals surface area contributed by atoms with E-state index in [-0.39, 0.29) is 0 Å². The molecule has 6 heteroatoms. The number of carbonyl (C=O) groups is 1. The van der Waals surface area contributed by atoms with Crippen LogP contribution in [-0.4, -0.2) is 27.6 Å². The lowest BCUT2D eigenvalue weighted by atomic mass is 10.1. The first kappa shape index (κ1) is 11.3. The molecule has 1 aromatic heterocycles. The molecule has 0 spiro atoms. The summed E-state index contributed by atoms with van der Waals surface area (Å²) in [7, 11) is 0. The Hall–Kier alpha value is -1.82. The topological polar surface area (TPSA) is 64.3 Å². The van der Waals surface area contributed by atoms with Gasteiger partial charge in [-0.25, -0.2) is 4.79 Å². The molecule has 0 bridgehead atoms. The minimum absolute atomic E-state index is 0.493. The molecule has 18 heavy (non-hydrogen) atoms. The molecule has 0 atom stereocenters. The molecule has 1 N–H and O–H groups in total. The highest BCUT2D eigenvalue weighted by molar-refractivity contribution is 9.10. The Kier molecular flexibility index (Phi) is 2.59. The van der Waals surface area contributed by atoms with Gasteiger partial charge in [-0.05, 0) is 18.2 Å². The first-order valence-corrected chi connectivity index (χ1v) is 6.19. The van der Waals surface area contributed by atoms with Gasteiger partial charge in [0.1, 0.15) is 5.75 Å². The van der Waals surface area contributed by atoms with E-state index in [0.29, 0.717) is 13.0 Å². The van der Waals surface area contributed by atoms with Crippen LogP contribution in [0.4, 0.5) is 4.79 Å². The molecule has 1 aromatic carbocycles. The van der Waals surface area contributed by atoms with Gasteiger partial charge in [-0.2, -0.15) is 9.78 Å². The van der Waals surface area contributed by atoms with Crippen molar-refractivity contribution >= 4 is 22.0 Å². The first-order chi connectivity index (χ1) is 8.65. The van der Waals surface area contributed by atoms with Crippen LogP contribution in [0.2, 0.25) is 0 Å². The van der Waals surface area contributed by atoms with E-state index in [1.54, 1.807) is 0 Å². The smallest absolute Gasteiger partial charge is 0.432 e. The van der Waals surface area contributed by atoms with Crippen LogP contribution in [0.5, 0.6) is 5.75 Å². The largest absolute Gasteiger partial charge is 0.492 e. The zero-order valence-electron chi connectivity index (χ0n) is 9.26. The third-order valence-electron chi connectivity index (χ3n) is 2.82. The number of nitrogens with zero attached hydrogens (tertiary/aromatic N) is 2. The minimum Gasteiger partial charge on any atom is -0.492 e. The van der Waals surface area contributed by atoms with E-state index in [9.17, 15) is 4.79 Å². The maximum Gasteiger partial charge on any atom is 0.432 e. The third kappa shape index (κ3) is 1.78. The zero-order valence-corrected chi connectivity index (χ0v) is 10.8. The van der Waals surface area contributed by atoms with Gasteiger partial charge in [-0.15, -0.1) is 0 Å². The van der Waals surface area contributed by atoms with Gasteiger partial charge < -0.3 is 9.84 Å². The predicted molar refractivity (Wildman–Crippen MR) is 68.0 cm³/mol. The van der Waals surface area contributed by atoms with Crippen LogP contribution in [-0.2, 0) is 6.42 Å². The Morgan fingerprint density at radius 2 is 2.28 bits per heavy atom. The summed E-state index contributed by atoms with van der Waals surface area (Å²) in [5, 5.41) is 13.0. The maximum atomic E-state index is 10.9. The van der Waals surface area contributed by atoms with Gasteiger partial charge in [0.05, 0.1) is 12.3 Å². The van der Waals surface area contributed by atoms with E-state index in [1.807, 2.05) is 18.2 Å². The summed E-state index contributed by atoms with van der Waals surface area (Å²) in [6.45, 7) is 0.493. The Bertz CT molecular complexity index is 636. The van der Waals surface area contributed by atoms with Gasteiger partial charge in [0.25, 0.3) is 0 Å². The van der Waals surface area contributed by atoms with Gasteiger partial charge in [0.15, 0.2) is 0 Å².